The van der Waals surface area contributed by atoms with Crippen molar-refractivity contribution in [2.75, 3.05) is 11.9 Å². The first-order valence-electron chi connectivity index (χ1n) is 7.04. The third-order valence-electron chi connectivity index (χ3n) is 3.53. The first-order valence-corrected chi connectivity index (χ1v) is 7.92. The molecule has 4 heteroatoms. The highest BCUT2D eigenvalue weighted by Crippen LogP contribution is 2.23. The average molecular weight is 289 g/mol. The van der Waals surface area contributed by atoms with Crippen molar-refractivity contribution in [3.05, 3.63) is 46.3 Å². The highest BCUT2D eigenvalue weighted by atomic mass is 32.1. The monoisotopic (exact) mass is 289 g/mol. The molecule has 2 aromatic heterocycles. The molecule has 2 heterocycles. The fourth-order valence-electron chi connectivity index (χ4n) is 2.13. The number of hydrogen-bond acceptors (Lipinski definition) is 4. The van der Waals surface area contributed by atoms with Gasteiger partial charge in [-0.15, -0.1) is 11.3 Å². The molecule has 0 aromatic carbocycles. The summed E-state index contributed by atoms with van der Waals surface area (Å²) in [7, 11) is 1.98. The van der Waals surface area contributed by atoms with Gasteiger partial charge in [-0.2, -0.15) is 0 Å². The van der Waals surface area contributed by atoms with Crippen molar-refractivity contribution in [2.45, 2.75) is 39.4 Å². The molecule has 0 spiro atoms. The third-order valence-corrected chi connectivity index (χ3v) is 4.39. The molecule has 0 bridgehead atoms. The minimum atomic E-state index is 0.340. The summed E-state index contributed by atoms with van der Waals surface area (Å²) in [5.41, 5.74) is 1.27. The second-order valence-electron chi connectivity index (χ2n) is 5.26. The summed E-state index contributed by atoms with van der Waals surface area (Å²) in [5, 5.41) is 5.40. The van der Waals surface area contributed by atoms with Crippen LogP contribution in [-0.2, 0) is 6.54 Å². The summed E-state index contributed by atoms with van der Waals surface area (Å²) in [6.45, 7) is 7.50. The van der Waals surface area contributed by atoms with Crippen molar-refractivity contribution in [2.24, 2.45) is 0 Å². The van der Waals surface area contributed by atoms with Gasteiger partial charge < -0.3 is 10.2 Å². The Morgan fingerprint density at radius 3 is 2.70 bits per heavy atom. The van der Waals surface area contributed by atoms with Crippen molar-refractivity contribution in [3.8, 4) is 0 Å². The SMILES string of the molecule is CNC(C)c1ccnc(N(Cc2cccs2)C(C)C)c1. The van der Waals surface area contributed by atoms with Crippen LogP contribution in [0.25, 0.3) is 0 Å². The highest BCUT2D eigenvalue weighted by molar-refractivity contribution is 7.09. The van der Waals surface area contributed by atoms with Gasteiger partial charge in [0.2, 0.25) is 0 Å². The van der Waals surface area contributed by atoms with Crippen molar-refractivity contribution in [1.82, 2.24) is 10.3 Å². The second kappa shape index (κ2) is 6.86. The van der Waals surface area contributed by atoms with E-state index in [1.54, 1.807) is 11.3 Å². The van der Waals surface area contributed by atoms with E-state index in [4.69, 9.17) is 0 Å². The summed E-state index contributed by atoms with van der Waals surface area (Å²) in [6.07, 6.45) is 1.91. The van der Waals surface area contributed by atoms with Crippen LogP contribution in [0.2, 0.25) is 0 Å². The number of nitrogens with one attached hydrogen (secondary N) is 1. The molecule has 0 aliphatic carbocycles. The van der Waals surface area contributed by atoms with Gasteiger partial charge in [0.1, 0.15) is 5.82 Å². The van der Waals surface area contributed by atoms with Crippen LogP contribution in [0.3, 0.4) is 0 Å². The summed E-state index contributed by atoms with van der Waals surface area (Å²) in [6, 6.07) is 9.31. The number of nitrogens with zero attached hydrogens (tertiary/aromatic N) is 2. The fourth-order valence-corrected chi connectivity index (χ4v) is 2.83. The zero-order valence-electron chi connectivity index (χ0n) is 12.6. The van der Waals surface area contributed by atoms with E-state index in [1.807, 2.05) is 13.2 Å². The molecule has 20 heavy (non-hydrogen) atoms. The first kappa shape index (κ1) is 15.0. The van der Waals surface area contributed by atoms with Crippen LogP contribution < -0.4 is 10.2 Å². The van der Waals surface area contributed by atoms with Gasteiger partial charge in [0.05, 0.1) is 6.54 Å². The molecule has 1 atom stereocenters. The number of rotatable bonds is 6. The topological polar surface area (TPSA) is 28.2 Å². The molecule has 2 aromatic rings. The number of thiophene rings is 1. The molecule has 0 radical (unpaired) electrons. The van der Waals surface area contributed by atoms with Crippen LogP contribution in [0.4, 0.5) is 5.82 Å². The van der Waals surface area contributed by atoms with Gasteiger partial charge >= 0.3 is 0 Å². The van der Waals surface area contributed by atoms with Crippen molar-refractivity contribution >= 4 is 17.2 Å². The Kier molecular flexibility index (Phi) is 5.15. The van der Waals surface area contributed by atoms with E-state index in [0.717, 1.165) is 12.4 Å². The predicted molar refractivity (Wildman–Crippen MR) is 87.3 cm³/mol. The Morgan fingerprint density at radius 1 is 1.30 bits per heavy atom. The molecule has 0 amide bonds. The summed E-state index contributed by atoms with van der Waals surface area (Å²) < 4.78 is 0. The fraction of sp³-hybridized carbons (Fsp3) is 0.438. The third kappa shape index (κ3) is 3.58. The highest BCUT2D eigenvalue weighted by Gasteiger charge is 2.14. The maximum atomic E-state index is 4.56. The number of pyridine rings is 1. The largest absolute Gasteiger partial charge is 0.349 e. The molecule has 2 rings (SSSR count). The minimum absolute atomic E-state index is 0.340. The second-order valence-corrected chi connectivity index (χ2v) is 6.29. The molecule has 0 aliphatic rings. The van der Waals surface area contributed by atoms with E-state index < -0.39 is 0 Å². The lowest BCUT2D eigenvalue weighted by Gasteiger charge is -2.28. The quantitative estimate of drug-likeness (QED) is 0.876. The molecule has 0 saturated heterocycles. The van der Waals surface area contributed by atoms with E-state index in [0.29, 0.717) is 12.1 Å². The van der Waals surface area contributed by atoms with E-state index >= 15 is 0 Å². The van der Waals surface area contributed by atoms with E-state index in [-0.39, 0.29) is 0 Å². The van der Waals surface area contributed by atoms with E-state index in [1.165, 1.54) is 10.4 Å². The zero-order chi connectivity index (χ0) is 14.5. The maximum Gasteiger partial charge on any atom is 0.129 e. The van der Waals surface area contributed by atoms with Crippen molar-refractivity contribution < 1.29 is 0 Å². The number of anilines is 1. The number of aromatic nitrogens is 1. The summed E-state index contributed by atoms with van der Waals surface area (Å²) in [5.74, 6) is 1.05. The molecule has 1 unspecified atom stereocenters. The van der Waals surface area contributed by atoms with Gasteiger partial charge in [0, 0.05) is 23.2 Å². The molecular formula is C16H23N3S. The normalized spacial score (nSPS) is 12.7. The minimum Gasteiger partial charge on any atom is -0.349 e. The molecule has 0 aliphatic heterocycles. The van der Waals surface area contributed by atoms with Gasteiger partial charge in [-0.3, -0.25) is 0 Å². The molecule has 1 N–H and O–H groups in total. The van der Waals surface area contributed by atoms with E-state index in [2.05, 4.69) is 65.6 Å². The molecule has 0 saturated carbocycles. The summed E-state index contributed by atoms with van der Waals surface area (Å²) in [4.78, 5) is 8.27. The van der Waals surface area contributed by atoms with Gasteiger partial charge in [-0.25, -0.2) is 4.98 Å². The van der Waals surface area contributed by atoms with Crippen LogP contribution >= 0.6 is 11.3 Å². The van der Waals surface area contributed by atoms with Crippen LogP contribution in [0, 0.1) is 0 Å². The smallest absolute Gasteiger partial charge is 0.129 e. The lowest BCUT2D eigenvalue weighted by molar-refractivity contribution is 0.644. The Hall–Kier alpha value is -1.39. The lowest BCUT2D eigenvalue weighted by Crippen LogP contribution is -2.30. The number of hydrogen-bond donors (Lipinski definition) is 1. The Balaban J connectivity index is 2.25. The van der Waals surface area contributed by atoms with Gasteiger partial charge in [0.15, 0.2) is 0 Å². The Bertz CT molecular complexity index is 522. The van der Waals surface area contributed by atoms with Gasteiger partial charge in [-0.05, 0) is 57.0 Å². The van der Waals surface area contributed by atoms with Gasteiger partial charge in [0.25, 0.3) is 0 Å². The van der Waals surface area contributed by atoms with E-state index in [9.17, 15) is 0 Å². The van der Waals surface area contributed by atoms with Crippen LogP contribution in [0.1, 0.15) is 37.3 Å². The molecule has 3 nitrogen and oxygen atoms in total. The standard InChI is InChI=1S/C16H23N3S/c1-12(2)19(11-15-6-5-9-20-15)16-10-14(7-8-18-16)13(3)17-4/h5-10,12-13,17H,11H2,1-4H3. The first-order chi connectivity index (χ1) is 9.61. The Morgan fingerprint density at radius 2 is 2.10 bits per heavy atom. The van der Waals surface area contributed by atoms with Crippen LogP contribution in [0.5, 0.6) is 0 Å². The maximum absolute atomic E-state index is 4.56. The molecule has 108 valence electrons. The molecular weight excluding hydrogens is 266 g/mol. The van der Waals surface area contributed by atoms with Crippen LogP contribution in [0.15, 0.2) is 35.8 Å². The predicted octanol–water partition coefficient (Wildman–Crippen LogP) is 3.84. The molecule has 0 fully saturated rings. The summed E-state index contributed by atoms with van der Waals surface area (Å²) >= 11 is 1.80. The zero-order valence-corrected chi connectivity index (χ0v) is 13.4. The average Bonchev–Trinajstić information content (AvgIpc) is 2.96. The van der Waals surface area contributed by atoms with Crippen LogP contribution in [-0.4, -0.2) is 18.1 Å². The lowest BCUT2D eigenvalue weighted by atomic mass is 10.1. The van der Waals surface area contributed by atoms with Gasteiger partial charge in [-0.1, -0.05) is 6.07 Å². The Labute approximate surface area is 125 Å². The van der Waals surface area contributed by atoms with Crippen molar-refractivity contribution in [1.29, 1.82) is 0 Å². The van der Waals surface area contributed by atoms with Crippen molar-refractivity contribution in [3.63, 3.8) is 0 Å².